The molecule has 0 atom stereocenters. The van der Waals surface area contributed by atoms with Crippen molar-refractivity contribution in [2.24, 2.45) is 0 Å². The first-order valence-electron chi connectivity index (χ1n) is 18.0. The van der Waals surface area contributed by atoms with Crippen LogP contribution >= 0.6 is 0 Å². The summed E-state index contributed by atoms with van der Waals surface area (Å²) in [4.78, 5) is 23.8. The SMILES string of the molecule is c1cncc(-c2cnc(-c3ccc(-c4ccc5ccc6ccc(-c7ccc(-c8ccc9ccc%10cccc%11ccc8c9c%10%11)cc7)nc6c5n4)cc3)nc2)c1. The van der Waals surface area contributed by atoms with Crippen LogP contribution in [0, 0.1) is 0 Å². The van der Waals surface area contributed by atoms with E-state index >= 15 is 0 Å². The maximum Gasteiger partial charge on any atom is 0.159 e. The van der Waals surface area contributed by atoms with Crippen molar-refractivity contribution < 1.29 is 0 Å². The van der Waals surface area contributed by atoms with Gasteiger partial charge >= 0.3 is 0 Å². The second-order valence-electron chi connectivity index (χ2n) is 13.8. The van der Waals surface area contributed by atoms with Gasteiger partial charge in [-0.15, -0.1) is 0 Å². The van der Waals surface area contributed by atoms with Gasteiger partial charge in [0.25, 0.3) is 0 Å². The quantitative estimate of drug-likeness (QED) is 0.169. The summed E-state index contributed by atoms with van der Waals surface area (Å²) in [5.74, 6) is 0.673. The van der Waals surface area contributed by atoms with Gasteiger partial charge in [-0.1, -0.05) is 133 Å². The van der Waals surface area contributed by atoms with Gasteiger partial charge in [-0.25, -0.2) is 19.9 Å². The van der Waals surface area contributed by atoms with Crippen LogP contribution in [0.4, 0.5) is 0 Å². The maximum absolute atomic E-state index is 5.22. The molecule has 0 bridgehead atoms. The second-order valence-corrected chi connectivity index (χ2v) is 13.8. The minimum Gasteiger partial charge on any atom is -0.264 e. The highest BCUT2D eigenvalue weighted by Crippen LogP contribution is 2.40. The maximum atomic E-state index is 5.22. The molecule has 0 fully saturated rings. The van der Waals surface area contributed by atoms with Gasteiger partial charge < -0.3 is 0 Å². The van der Waals surface area contributed by atoms with Gasteiger partial charge in [0.1, 0.15) is 0 Å². The third kappa shape index (κ3) is 4.98. The molecule has 0 aliphatic rings. The zero-order chi connectivity index (χ0) is 35.6. The predicted molar refractivity (Wildman–Crippen MR) is 221 cm³/mol. The number of fused-ring (bicyclic) bond motifs is 3. The predicted octanol–water partition coefficient (Wildman–Crippen LogP) is 12.2. The number of hydrogen-bond donors (Lipinski definition) is 0. The van der Waals surface area contributed by atoms with E-state index in [1.807, 2.05) is 42.9 Å². The van der Waals surface area contributed by atoms with Gasteiger partial charge in [0, 0.05) is 63.4 Å². The number of aromatic nitrogens is 5. The Balaban J connectivity index is 0.917. The first-order valence-corrected chi connectivity index (χ1v) is 18.0. The van der Waals surface area contributed by atoms with Crippen LogP contribution in [0.15, 0.2) is 176 Å². The minimum atomic E-state index is 0.673. The molecule has 5 heteroatoms. The fourth-order valence-corrected chi connectivity index (χ4v) is 7.85. The van der Waals surface area contributed by atoms with Crippen LogP contribution in [-0.2, 0) is 0 Å². The normalized spacial score (nSPS) is 11.7. The molecule has 0 saturated carbocycles. The Hall–Kier alpha value is -7.37. The number of benzene rings is 7. The Morgan fingerprint density at radius 3 is 1.50 bits per heavy atom. The van der Waals surface area contributed by atoms with Crippen LogP contribution in [0.3, 0.4) is 0 Å². The average molecular weight is 688 g/mol. The number of hydrogen-bond acceptors (Lipinski definition) is 5. The van der Waals surface area contributed by atoms with E-state index in [4.69, 9.17) is 9.97 Å². The molecule has 0 spiro atoms. The lowest BCUT2D eigenvalue weighted by molar-refractivity contribution is 1.17. The number of rotatable bonds is 5. The van der Waals surface area contributed by atoms with Crippen LogP contribution in [0.2, 0.25) is 0 Å². The van der Waals surface area contributed by atoms with Crippen LogP contribution in [0.25, 0.3) is 110 Å². The molecule has 11 rings (SSSR count). The van der Waals surface area contributed by atoms with Gasteiger partial charge in [-0.2, -0.15) is 0 Å². The highest BCUT2D eigenvalue weighted by molar-refractivity contribution is 6.25. The molecule has 250 valence electrons. The molecular weight excluding hydrogens is 659 g/mol. The smallest absolute Gasteiger partial charge is 0.159 e. The monoisotopic (exact) mass is 687 g/mol. The third-order valence-electron chi connectivity index (χ3n) is 10.6. The van der Waals surface area contributed by atoms with E-state index in [0.29, 0.717) is 5.82 Å². The Bertz CT molecular complexity index is 3160. The first kappa shape index (κ1) is 30.3. The summed E-state index contributed by atoms with van der Waals surface area (Å²) in [6.45, 7) is 0. The summed E-state index contributed by atoms with van der Waals surface area (Å²) in [6.07, 6.45) is 7.26. The van der Waals surface area contributed by atoms with E-state index in [-0.39, 0.29) is 0 Å². The lowest BCUT2D eigenvalue weighted by atomic mass is 9.89. The molecule has 0 radical (unpaired) electrons. The van der Waals surface area contributed by atoms with Gasteiger partial charge in [0.2, 0.25) is 0 Å². The van der Waals surface area contributed by atoms with Gasteiger partial charge in [0.05, 0.1) is 22.4 Å². The van der Waals surface area contributed by atoms with Gasteiger partial charge in [0.15, 0.2) is 5.82 Å². The van der Waals surface area contributed by atoms with E-state index in [1.165, 1.54) is 43.4 Å². The van der Waals surface area contributed by atoms with Crippen LogP contribution in [0.1, 0.15) is 0 Å². The van der Waals surface area contributed by atoms with E-state index in [2.05, 4.69) is 142 Å². The molecule has 0 unspecified atom stereocenters. The topological polar surface area (TPSA) is 64.5 Å². The Morgan fingerprint density at radius 2 is 0.870 bits per heavy atom. The Labute approximate surface area is 310 Å². The van der Waals surface area contributed by atoms with Gasteiger partial charge in [-0.05, 0) is 61.6 Å². The molecule has 0 saturated heterocycles. The number of pyridine rings is 3. The summed E-state index contributed by atoms with van der Waals surface area (Å²) < 4.78 is 0. The van der Waals surface area contributed by atoms with Crippen molar-refractivity contribution in [2.45, 2.75) is 0 Å². The highest BCUT2D eigenvalue weighted by Gasteiger charge is 2.14. The average Bonchev–Trinajstić information content (AvgIpc) is 3.25. The lowest BCUT2D eigenvalue weighted by Gasteiger charge is -2.14. The van der Waals surface area contributed by atoms with Crippen molar-refractivity contribution >= 4 is 54.1 Å². The minimum absolute atomic E-state index is 0.673. The molecule has 7 aromatic carbocycles. The molecule has 4 heterocycles. The molecule has 4 aromatic heterocycles. The second kappa shape index (κ2) is 12.1. The summed E-state index contributed by atoms with van der Waals surface area (Å²) >= 11 is 0. The van der Waals surface area contributed by atoms with Crippen LogP contribution < -0.4 is 0 Å². The van der Waals surface area contributed by atoms with Crippen LogP contribution in [-0.4, -0.2) is 24.9 Å². The van der Waals surface area contributed by atoms with Crippen molar-refractivity contribution in [2.75, 3.05) is 0 Å². The lowest BCUT2D eigenvalue weighted by Crippen LogP contribution is -1.92. The Morgan fingerprint density at radius 1 is 0.333 bits per heavy atom. The Kier molecular flexibility index (Phi) is 6.79. The van der Waals surface area contributed by atoms with Gasteiger partial charge in [-0.3, -0.25) is 4.98 Å². The van der Waals surface area contributed by atoms with Crippen molar-refractivity contribution in [3.05, 3.63) is 176 Å². The third-order valence-corrected chi connectivity index (χ3v) is 10.6. The van der Waals surface area contributed by atoms with Crippen molar-refractivity contribution in [1.82, 2.24) is 24.9 Å². The zero-order valence-electron chi connectivity index (χ0n) is 29.0. The molecule has 11 aromatic rings. The highest BCUT2D eigenvalue weighted by atomic mass is 14.9. The van der Waals surface area contributed by atoms with Crippen molar-refractivity contribution in [3.63, 3.8) is 0 Å². The molecule has 0 aliphatic carbocycles. The van der Waals surface area contributed by atoms with E-state index < -0.39 is 0 Å². The zero-order valence-corrected chi connectivity index (χ0v) is 29.0. The van der Waals surface area contributed by atoms with E-state index in [9.17, 15) is 0 Å². The van der Waals surface area contributed by atoms with Crippen molar-refractivity contribution in [3.8, 4) is 56.2 Å². The van der Waals surface area contributed by atoms with E-state index in [1.54, 1.807) is 6.20 Å². The molecule has 0 N–H and O–H groups in total. The standard InChI is InChI=1S/C49H29N5/c1-3-33-12-13-35-18-22-41(42-23-19-34(4-1)45(33)46(35)42)30-6-8-31(9-7-30)43-24-20-36-14-15-37-21-25-44(54-48(37)47(36)53-43)32-10-16-38(17-11-32)49-51-28-40(29-52-49)39-5-2-26-50-27-39/h1-29H. The fraction of sp³-hybridized carbons (Fsp3) is 0. The van der Waals surface area contributed by atoms with E-state index in [0.717, 1.165) is 61.0 Å². The summed E-state index contributed by atoms with van der Waals surface area (Å²) in [6, 6.07) is 53.7. The number of nitrogens with zero attached hydrogens (tertiary/aromatic N) is 5. The molecule has 54 heavy (non-hydrogen) atoms. The summed E-state index contributed by atoms with van der Waals surface area (Å²) in [5, 5.41) is 9.89. The van der Waals surface area contributed by atoms with Crippen molar-refractivity contribution in [1.29, 1.82) is 0 Å². The van der Waals surface area contributed by atoms with Crippen LogP contribution in [0.5, 0.6) is 0 Å². The molecule has 5 nitrogen and oxygen atoms in total. The summed E-state index contributed by atoms with van der Waals surface area (Å²) in [7, 11) is 0. The first-order chi connectivity index (χ1) is 26.7. The fourth-order valence-electron chi connectivity index (χ4n) is 7.85. The molecule has 0 amide bonds. The summed E-state index contributed by atoms with van der Waals surface area (Å²) in [5.41, 5.74) is 11.0. The molecular formula is C49H29N5. The largest absolute Gasteiger partial charge is 0.264 e. The molecule has 0 aliphatic heterocycles.